The van der Waals surface area contributed by atoms with Crippen LogP contribution >= 0.6 is 0 Å². The second kappa shape index (κ2) is 8.48. The Morgan fingerprint density at radius 1 is 1.03 bits per heavy atom. The van der Waals surface area contributed by atoms with E-state index < -0.39 is 0 Å². The number of carbonyl (C=O) groups is 1. The average Bonchev–Trinajstić information content (AvgIpc) is 3.22. The molecule has 8 nitrogen and oxygen atoms in total. The smallest absolute Gasteiger partial charge is 0.227 e. The number of carbonyl (C=O) groups excluding carboxylic acids is 1. The van der Waals surface area contributed by atoms with Crippen LogP contribution in [0.4, 0.5) is 10.1 Å². The minimum Gasteiger partial charge on any atom is -0.508 e. The van der Waals surface area contributed by atoms with Gasteiger partial charge in [0.25, 0.3) is 0 Å². The van der Waals surface area contributed by atoms with Crippen LogP contribution in [0.15, 0.2) is 65.4 Å². The van der Waals surface area contributed by atoms with E-state index >= 15 is 0 Å². The van der Waals surface area contributed by atoms with Gasteiger partial charge in [-0.2, -0.15) is 4.98 Å². The van der Waals surface area contributed by atoms with Crippen molar-refractivity contribution >= 4 is 11.6 Å². The van der Waals surface area contributed by atoms with Gasteiger partial charge in [0.1, 0.15) is 11.6 Å². The van der Waals surface area contributed by atoms with Crippen LogP contribution in [-0.2, 0) is 11.2 Å². The number of benzene rings is 2. The zero-order valence-electron chi connectivity index (χ0n) is 15.6. The van der Waals surface area contributed by atoms with E-state index in [1.54, 1.807) is 36.4 Å². The quantitative estimate of drug-likeness (QED) is 0.504. The molecule has 4 rings (SSSR count). The van der Waals surface area contributed by atoms with Crippen LogP contribution in [0.3, 0.4) is 0 Å². The lowest BCUT2D eigenvalue weighted by molar-refractivity contribution is -0.116. The monoisotopic (exact) mass is 405 g/mol. The highest BCUT2D eigenvalue weighted by Gasteiger charge is 2.11. The predicted octanol–water partition coefficient (Wildman–Crippen LogP) is 3.61. The molecule has 2 N–H and O–H groups in total. The van der Waals surface area contributed by atoms with Crippen molar-refractivity contribution in [2.45, 2.75) is 12.8 Å². The van der Waals surface area contributed by atoms with Gasteiger partial charge in [0.2, 0.25) is 17.6 Å². The number of hydrogen-bond acceptors (Lipinski definition) is 7. The van der Waals surface area contributed by atoms with Crippen molar-refractivity contribution in [2.75, 3.05) is 5.32 Å². The Balaban J connectivity index is 1.32. The molecule has 0 bridgehead atoms. The van der Waals surface area contributed by atoms with Gasteiger partial charge >= 0.3 is 0 Å². The first-order chi connectivity index (χ1) is 14.6. The van der Waals surface area contributed by atoms with Crippen LogP contribution in [0.25, 0.3) is 22.8 Å². The lowest BCUT2D eigenvalue weighted by Gasteiger charge is -2.05. The molecule has 0 spiro atoms. The number of nitrogens with one attached hydrogen (secondary N) is 1. The molecule has 0 atom stereocenters. The topological polar surface area (TPSA) is 114 Å². The Kier molecular flexibility index (Phi) is 5.42. The summed E-state index contributed by atoms with van der Waals surface area (Å²) in [4.78, 5) is 24.8. The Labute approximate surface area is 170 Å². The van der Waals surface area contributed by atoms with Gasteiger partial charge in [-0.15, -0.1) is 0 Å². The van der Waals surface area contributed by atoms with Crippen LogP contribution < -0.4 is 5.32 Å². The molecule has 9 heteroatoms. The van der Waals surface area contributed by atoms with Gasteiger partial charge in [-0.1, -0.05) is 17.3 Å². The minimum atomic E-state index is -0.349. The van der Waals surface area contributed by atoms with Gasteiger partial charge in [0.05, 0.1) is 18.1 Å². The molecular formula is C21H16FN5O3. The van der Waals surface area contributed by atoms with Crippen molar-refractivity contribution < 1.29 is 18.8 Å². The van der Waals surface area contributed by atoms with Gasteiger partial charge in [-0.05, 0) is 36.4 Å². The summed E-state index contributed by atoms with van der Waals surface area (Å²) in [6, 6.07) is 12.3. The predicted molar refractivity (Wildman–Crippen MR) is 106 cm³/mol. The maximum atomic E-state index is 13.0. The molecule has 2 aromatic heterocycles. The van der Waals surface area contributed by atoms with Gasteiger partial charge in [0.15, 0.2) is 5.82 Å². The first-order valence-electron chi connectivity index (χ1n) is 9.07. The van der Waals surface area contributed by atoms with Gasteiger partial charge in [-0.25, -0.2) is 14.4 Å². The summed E-state index contributed by atoms with van der Waals surface area (Å²) < 4.78 is 18.1. The molecule has 2 aromatic carbocycles. The SMILES string of the molecule is O=C(CCc1nc(-c2ccc(F)cc2)no1)Nc1cnc(-c2cccc(O)c2)nc1. The number of aryl methyl sites for hydroxylation is 1. The first kappa shape index (κ1) is 19.2. The fourth-order valence-corrected chi connectivity index (χ4v) is 2.70. The van der Waals surface area contributed by atoms with Crippen LogP contribution in [0, 0.1) is 5.82 Å². The molecule has 1 amide bonds. The molecule has 4 aromatic rings. The van der Waals surface area contributed by atoms with Crippen LogP contribution in [-0.4, -0.2) is 31.1 Å². The van der Waals surface area contributed by atoms with Crippen molar-refractivity contribution in [2.24, 2.45) is 0 Å². The van der Waals surface area contributed by atoms with Crippen LogP contribution in [0.5, 0.6) is 5.75 Å². The molecule has 0 unspecified atom stereocenters. The van der Waals surface area contributed by atoms with Crippen molar-refractivity contribution in [1.29, 1.82) is 0 Å². The Morgan fingerprint density at radius 2 is 1.80 bits per heavy atom. The lowest BCUT2D eigenvalue weighted by atomic mass is 10.2. The lowest BCUT2D eigenvalue weighted by Crippen LogP contribution is -2.13. The maximum Gasteiger partial charge on any atom is 0.227 e. The molecule has 30 heavy (non-hydrogen) atoms. The van der Waals surface area contributed by atoms with E-state index in [0.29, 0.717) is 34.4 Å². The summed E-state index contributed by atoms with van der Waals surface area (Å²) in [6.45, 7) is 0. The number of halogens is 1. The molecule has 0 fully saturated rings. The first-order valence-corrected chi connectivity index (χ1v) is 9.07. The van der Waals surface area contributed by atoms with Gasteiger partial charge < -0.3 is 14.9 Å². The van der Waals surface area contributed by atoms with E-state index in [0.717, 1.165) is 0 Å². The standard InChI is InChI=1S/C21H16FN5O3/c22-15-6-4-13(5-7-15)21-26-19(30-27-21)9-8-18(29)25-16-11-23-20(24-12-16)14-2-1-3-17(28)10-14/h1-7,10-12,28H,8-9H2,(H,25,29). The summed E-state index contributed by atoms with van der Waals surface area (Å²) in [5.41, 5.74) is 1.74. The Bertz CT molecular complexity index is 1160. The van der Waals surface area contributed by atoms with Crippen LogP contribution in [0.1, 0.15) is 12.3 Å². The van der Waals surface area contributed by atoms with Crippen molar-refractivity contribution in [1.82, 2.24) is 20.1 Å². The summed E-state index contributed by atoms with van der Waals surface area (Å²) in [5, 5.41) is 16.1. The largest absolute Gasteiger partial charge is 0.508 e. The number of hydrogen-bond donors (Lipinski definition) is 2. The second-order valence-corrected chi connectivity index (χ2v) is 6.41. The molecule has 150 valence electrons. The molecule has 2 heterocycles. The molecule has 0 saturated carbocycles. The normalized spacial score (nSPS) is 10.7. The van der Waals surface area contributed by atoms with E-state index in [4.69, 9.17) is 4.52 Å². The van der Waals surface area contributed by atoms with Gasteiger partial charge in [0, 0.05) is 24.0 Å². The van der Waals surface area contributed by atoms with E-state index in [1.807, 2.05) is 0 Å². The van der Waals surface area contributed by atoms with E-state index in [-0.39, 0.29) is 30.3 Å². The zero-order chi connectivity index (χ0) is 20.9. The van der Waals surface area contributed by atoms with Crippen molar-refractivity contribution in [3.8, 4) is 28.5 Å². The van der Waals surface area contributed by atoms with E-state index in [2.05, 4.69) is 25.4 Å². The number of aromatic nitrogens is 4. The zero-order valence-corrected chi connectivity index (χ0v) is 15.6. The maximum absolute atomic E-state index is 13.0. The third kappa shape index (κ3) is 4.64. The minimum absolute atomic E-state index is 0.122. The molecule has 0 aliphatic carbocycles. The highest BCUT2D eigenvalue weighted by molar-refractivity contribution is 5.90. The highest BCUT2D eigenvalue weighted by atomic mass is 19.1. The molecule has 0 aliphatic heterocycles. The Hall–Kier alpha value is -4.14. The number of nitrogens with zero attached hydrogens (tertiary/aromatic N) is 4. The van der Waals surface area contributed by atoms with E-state index in [9.17, 15) is 14.3 Å². The summed E-state index contributed by atoms with van der Waals surface area (Å²) in [7, 11) is 0. The second-order valence-electron chi connectivity index (χ2n) is 6.41. The summed E-state index contributed by atoms with van der Waals surface area (Å²) in [5.74, 6) is 0.588. The summed E-state index contributed by atoms with van der Waals surface area (Å²) in [6.07, 6.45) is 3.36. The average molecular weight is 405 g/mol. The third-order valence-electron chi connectivity index (χ3n) is 4.18. The molecule has 0 aliphatic rings. The number of amides is 1. The fourth-order valence-electron chi connectivity index (χ4n) is 2.70. The fraction of sp³-hybridized carbons (Fsp3) is 0.0952. The number of phenolic OH excluding ortho intramolecular Hbond substituents is 1. The number of aromatic hydroxyl groups is 1. The number of rotatable bonds is 6. The number of phenols is 1. The number of anilines is 1. The third-order valence-corrected chi connectivity index (χ3v) is 4.18. The molecule has 0 saturated heterocycles. The van der Waals surface area contributed by atoms with Crippen molar-refractivity contribution in [3.63, 3.8) is 0 Å². The van der Waals surface area contributed by atoms with Crippen molar-refractivity contribution in [3.05, 3.63) is 72.6 Å². The highest BCUT2D eigenvalue weighted by Crippen LogP contribution is 2.20. The van der Waals surface area contributed by atoms with E-state index in [1.165, 1.54) is 24.5 Å². The molecule has 0 radical (unpaired) electrons. The van der Waals surface area contributed by atoms with Gasteiger partial charge in [-0.3, -0.25) is 4.79 Å². The Morgan fingerprint density at radius 3 is 2.53 bits per heavy atom. The summed E-state index contributed by atoms with van der Waals surface area (Å²) >= 11 is 0. The van der Waals surface area contributed by atoms with Crippen LogP contribution in [0.2, 0.25) is 0 Å². The molecular weight excluding hydrogens is 389 g/mol.